The Kier molecular flexibility index (Phi) is 5.46. The Morgan fingerprint density at radius 1 is 1.00 bits per heavy atom. The third-order valence-electron chi connectivity index (χ3n) is 4.12. The summed E-state index contributed by atoms with van der Waals surface area (Å²) in [7, 11) is 4.96. The van der Waals surface area contributed by atoms with Crippen molar-refractivity contribution in [2.45, 2.75) is 13.0 Å². The molecule has 0 atom stereocenters. The minimum Gasteiger partial charge on any atom is -0.493 e. The first-order valence-electron chi connectivity index (χ1n) is 8.00. The summed E-state index contributed by atoms with van der Waals surface area (Å²) in [6.07, 6.45) is 0.677. The van der Waals surface area contributed by atoms with Crippen molar-refractivity contribution in [2.24, 2.45) is 0 Å². The van der Waals surface area contributed by atoms with E-state index in [1.807, 2.05) is 36.4 Å². The molecule has 0 fully saturated rings. The maximum Gasteiger partial charge on any atom is 0.161 e. The van der Waals surface area contributed by atoms with Gasteiger partial charge in [-0.2, -0.15) is 0 Å². The molecule has 1 heterocycles. The molecule has 0 aliphatic carbocycles. The Hall–Kier alpha value is -2.24. The molecule has 2 aromatic carbocycles. The summed E-state index contributed by atoms with van der Waals surface area (Å²) in [5, 5.41) is 0.698. The van der Waals surface area contributed by atoms with Crippen LogP contribution in [-0.2, 0) is 17.7 Å². The third-order valence-corrected chi connectivity index (χ3v) is 4.35. The molecule has 0 saturated carbocycles. The van der Waals surface area contributed by atoms with Gasteiger partial charge in [-0.3, -0.25) is 0 Å². The van der Waals surface area contributed by atoms with E-state index in [4.69, 9.17) is 30.8 Å². The average Bonchev–Trinajstić information content (AvgIpc) is 2.96. The normalized spacial score (nSPS) is 11.0. The Morgan fingerprint density at radius 3 is 2.52 bits per heavy atom. The van der Waals surface area contributed by atoms with E-state index in [-0.39, 0.29) is 0 Å². The van der Waals surface area contributed by atoms with Gasteiger partial charge in [-0.15, -0.1) is 0 Å². The van der Waals surface area contributed by atoms with E-state index in [0.29, 0.717) is 29.5 Å². The summed E-state index contributed by atoms with van der Waals surface area (Å²) < 4.78 is 18.1. The van der Waals surface area contributed by atoms with Gasteiger partial charge in [-0.05, 0) is 35.9 Å². The van der Waals surface area contributed by atoms with Gasteiger partial charge in [0.2, 0.25) is 0 Å². The Labute approximate surface area is 152 Å². The molecule has 25 heavy (non-hydrogen) atoms. The molecule has 3 rings (SSSR count). The van der Waals surface area contributed by atoms with Gasteiger partial charge in [-0.25, -0.2) is 4.98 Å². The number of aromatic nitrogens is 2. The van der Waals surface area contributed by atoms with E-state index in [2.05, 4.69) is 4.57 Å². The van der Waals surface area contributed by atoms with Gasteiger partial charge in [0, 0.05) is 25.1 Å². The van der Waals surface area contributed by atoms with Gasteiger partial charge < -0.3 is 18.8 Å². The average molecular weight is 361 g/mol. The fourth-order valence-electron chi connectivity index (χ4n) is 2.89. The highest BCUT2D eigenvalue weighted by Crippen LogP contribution is 2.29. The van der Waals surface area contributed by atoms with Gasteiger partial charge in [-0.1, -0.05) is 17.7 Å². The van der Waals surface area contributed by atoms with E-state index < -0.39 is 0 Å². The third kappa shape index (κ3) is 3.72. The van der Waals surface area contributed by atoms with E-state index in [0.717, 1.165) is 29.0 Å². The summed E-state index contributed by atoms with van der Waals surface area (Å²) in [5.74, 6) is 2.38. The molecule has 0 aliphatic rings. The van der Waals surface area contributed by atoms with Crippen LogP contribution in [0.15, 0.2) is 36.4 Å². The van der Waals surface area contributed by atoms with E-state index in [1.54, 1.807) is 21.3 Å². The second-order valence-electron chi connectivity index (χ2n) is 5.67. The number of hydrogen-bond acceptors (Lipinski definition) is 4. The van der Waals surface area contributed by atoms with Crippen LogP contribution in [0.5, 0.6) is 11.5 Å². The molecular formula is C19H21ClN2O3. The lowest BCUT2D eigenvalue weighted by atomic mass is 10.1. The predicted molar refractivity (Wildman–Crippen MR) is 99.0 cm³/mol. The number of nitrogens with zero attached hydrogens (tertiary/aromatic N) is 2. The number of imidazole rings is 1. The number of ether oxygens (including phenoxy) is 3. The molecule has 5 nitrogen and oxygen atoms in total. The molecule has 0 amide bonds. The highest BCUT2D eigenvalue weighted by Gasteiger charge is 2.13. The van der Waals surface area contributed by atoms with Crippen LogP contribution in [0.1, 0.15) is 11.4 Å². The van der Waals surface area contributed by atoms with Gasteiger partial charge in [0.05, 0.1) is 31.9 Å². The highest BCUT2D eigenvalue weighted by molar-refractivity contribution is 6.31. The SMILES string of the molecule is COCCn1c(Cc2ccc(OC)c(OC)c2)nc2ccc(Cl)cc21. The topological polar surface area (TPSA) is 45.5 Å². The van der Waals surface area contributed by atoms with Crippen molar-refractivity contribution in [3.63, 3.8) is 0 Å². The molecule has 0 N–H and O–H groups in total. The van der Waals surface area contributed by atoms with Crippen molar-refractivity contribution in [1.82, 2.24) is 9.55 Å². The first kappa shape index (κ1) is 17.6. The van der Waals surface area contributed by atoms with Crippen LogP contribution >= 0.6 is 11.6 Å². The van der Waals surface area contributed by atoms with E-state index in [1.165, 1.54) is 0 Å². The molecule has 132 valence electrons. The zero-order valence-corrected chi connectivity index (χ0v) is 15.3. The van der Waals surface area contributed by atoms with Crippen LogP contribution in [0.25, 0.3) is 11.0 Å². The smallest absolute Gasteiger partial charge is 0.161 e. The summed E-state index contributed by atoms with van der Waals surface area (Å²) >= 11 is 6.16. The first-order valence-corrected chi connectivity index (χ1v) is 8.38. The lowest BCUT2D eigenvalue weighted by Gasteiger charge is -2.11. The second kappa shape index (κ2) is 7.76. The van der Waals surface area contributed by atoms with Crippen molar-refractivity contribution in [2.75, 3.05) is 27.9 Å². The maximum absolute atomic E-state index is 6.16. The van der Waals surface area contributed by atoms with Crippen LogP contribution in [0.3, 0.4) is 0 Å². The minimum absolute atomic E-state index is 0.608. The van der Waals surface area contributed by atoms with Gasteiger partial charge in [0.1, 0.15) is 5.82 Å². The molecule has 3 aromatic rings. The minimum atomic E-state index is 0.608. The Morgan fingerprint density at radius 2 is 1.80 bits per heavy atom. The second-order valence-corrected chi connectivity index (χ2v) is 6.11. The quantitative estimate of drug-likeness (QED) is 0.640. The fourth-order valence-corrected chi connectivity index (χ4v) is 3.05. The molecule has 1 aromatic heterocycles. The Balaban J connectivity index is 2.00. The number of fused-ring (bicyclic) bond motifs is 1. The molecule has 0 bridgehead atoms. The lowest BCUT2D eigenvalue weighted by Crippen LogP contribution is -2.09. The number of halogens is 1. The van der Waals surface area contributed by atoms with Gasteiger partial charge in [0.15, 0.2) is 11.5 Å². The highest BCUT2D eigenvalue weighted by atomic mass is 35.5. The summed E-state index contributed by atoms with van der Waals surface area (Å²) in [5.41, 5.74) is 3.04. The molecule has 0 radical (unpaired) electrons. The molecule has 6 heteroatoms. The van der Waals surface area contributed by atoms with Crippen LogP contribution in [0.2, 0.25) is 5.02 Å². The number of hydrogen-bond donors (Lipinski definition) is 0. The van der Waals surface area contributed by atoms with Crippen molar-refractivity contribution < 1.29 is 14.2 Å². The van der Waals surface area contributed by atoms with Crippen molar-refractivity contribution in [3.8, 4) is 11.5 Å². The summed E-state index contributed by atoms with van der Waals surface area (Å²) in [6, 6.07) is 11.7. The largest absolute Gasteiger partial charge is 0.493 e. The Bertz CT molecular complexity index is 876. The molecular weight excluding hydrogens is 340 g/mol. The van der Waals surface area contributed by atoms with Crippen LogP contribution < -0.4 is 9.47 Å². The standard InChI is InChI=1S/C19H21ClN2O3/c1-23-9-8-22-16-12-14(20)5-6-15(16)21-19(22)11-13-4-7-17(24-2)18(10-13)25-3/h4-7,10,12H,8-9,11H2,1-3H3. The van der Waals surface area contributed by atoms with Crippen molar-refractivity contribution in [1.29, 1.82) is 0 Å². The number of methoxy groups -OCH3 is 3. The monoisotopic (exact) mass is 360 g/mol. The zero-order valence-electron chi connectivity index (χ0n) is 14.6. The summed E-state index contributed by atoms with van der Waals surface area (Å²) in [4.78, 5) is 4.78. The zero-order chi connectivity index (χ0) is 17.8. The van der Waals surface area contributed by atoms with Crippen LogP contribution in [0, 0.1) is 0 Å². The molecule has 0 aliphatic heterocycles. The van der Waals surface area contributed by atoms with Crippen LogP contribution in [-0.4, -0.2) is 37.5 Å². The predicted octanol–water partition coefficient (Wildman–Crippen LogP) is 3.94. The molecule has 0 spiro atoms. The number of benzene rings is 2. The summed E-state index contributed by atoms with van der Waals surface area (Å²) in [6.45, 7) is 1.33. The fraction of sp³-hybridized carbons (Fsp3) is 0.316. The van der Waals surface area contributed by atoms with Gasteiger partial charge >= 0.3 is 0 Å². The van der Waals surface area contributed by atoms with Crippen LogP contribution in [0.4, 0.5) is 0 Å². The van der Waals surface area contributed by atoms with E-state index >= 15 is 0 Å². The van der Waals surface area contributed by atoms with Crippen molar-refractivity contribution in [3.05, 3.63) is 52.8 Å². The lowest BCUT2D eigenvalue weighted by molar-refractivity contribution is 0.187. The van der Waals surface area contributed by atoms with E-state index in [9.17, 15) is 0 Å². The first-order chi connectivity index (χ1) is 12.2. The molecule has 0 unspecified atom stereocenters. The van der Waals surface area contributed by atoms with Crippen molar-refractivity contribution >= 4 is 22.6 Å². The maximum atomic E-state index is 6.16. The van der Waals surface area contributed by atoms with Gasteiger partial charge in [0.25, 0.3) is 0 Å². The molecule has 0 saturated heterocycles. The number of rotatable bonds is 7.